The molecule has 0 aromatic heterocycles. The smallest absolute Gasteiger partial charge is 0.261 e. The van der Waals surface area contributed by atoms with Crippen LogP contribution in [0.1, 0.15) is 31.1 Å². The summed E-state index contributed by atoms with van der Waals surface area (Å²) in [4.78, 5) is 35.7. The second kappa shape index (κ2) is 5.44. The lowest BCUT2D eigenvalue weighted by Gasteiger charge is -2.09. The fourth-order valence-electron chi connectivity index (χ4n) is 2.19. The SMILES string of the molecule is O=C(Nc1cccc2c1C(=O)NC2=O)c1ccc(Cl)cc1Cl. The molecule has 1 heterocycles. The normalized spacial score (nSPS) is 12.8. The highest BCUT2D eigenvalue weighted by Gasteiger charge is 2.29. The Morgan fingerprint density at radius 1 is 1.05 bits per heavy atom. The van der Waals surface area contributed by atoms with Crippen LogP contribution < -0.4 is 10.6 Å². The van der Waals surface area contributed by atoms with Crippen LogP contribution in [0.3, 0.4) is 0 Å². The number of carbonyl (C=O) groups is 3. The Kier molecular flexibility index (Phi) is 3.60. The molecule has 0 saturated carbocycles. The number of nitrogens with one attached hydrogen (secondary N) is 2. The van der Waals surface area contributed by atoms with Crippen LogP contribution in [0.15, 0.2) is 36.4 Å². The molecule has 0 bridgehead atoms. The molecule has 22 heavy (non-hydrogen) atoms. The number of amides is 3. The summed E-state index contributed by atoms with van der Waals surface area (Å²) in [5.74, 6) is -1.53. The number of hydrogen-bond donors (Lipinski definition) is 2. The number of hydrogen-bond acceptors (Lipinski definition) is 3. The van der Waals surface area contributed by atoms with Gasteiger partial charge in [0.05, 0.1) is 27.4 Å². The van der Waals surface area contributed by atoms with Crippen molar-refractivity contribution < 1.29 is 14.4 Å². The van der Waals surface area contributed by atoms with Gasteiger partial charge >= 0.3 is 0 Å². The van der Waals surface area contributed by atoms with Crippen LogP contribution in [0.25, 0.3) is 0 Å². The van der Waals surface area contributed by atoms with Gasteiger partial charge < -0.3 is 5.32 Å². The molecule has 2 aromatic rings. The van der Waals surface area contributed by atoms with Gasteiger partial charge in [-0.3, -0.25) is 19.7 Å². The summed E-state index contributed by atoms with van der Waals surface area (Å²) in [6.07, 6.45) is 0. The largest absolute Gasteiger partial charge is 0.321 e. The van der Waals surface area contributed by atoms with E-state index in [1.807, 2.05) is 0 Å². The first-order chi connectivity index (χ1) is 10.5. The van der Waals surface area contributed by atoms with Crippen molar-refractivity contribution in [2.75, 3.05) is 5.32 Å². The van der Waals surface area contributed by atoms with Crippen LogP contribution in [-0.2, 0) is 0 Å². The van der Waals surface area contributed by atoms with Gasteiger partial charge in [0.2, 0.25) is 0 Å². The summed E-state index contributed by atoms with van der Waals surface area (Å²) in [5, 5.41) is 5.37. The second-order valence-corrected chi connectivity index (χ2v) is 5.43. The van der Waals surface area contributed by atoms with Gasteiger partial charge in [0.25, 0.3) is 17.7 Å². The van der Waals surface area contributed by atoms with Crippen molar-refractivity contribution in [3.8, 4) is 0 Å². The van der Waals surface area contributed by atoms with Crippen molar-refractivity contribution in [3.05, 3.63) is 63.1 Å². The van der Waals surface area contributed by atoms with Gasteiger partial charge in [-0.15, -0.1) is 0 Å². The topological polar surface area (TPSA) is 75.3 Å². The molecule has 1 aliphatic heterocycles. The lowest BCUT2D eigenvalue weighted by Crippen LogP contribution is -2.21. The van der Waals surface area contributed by atoms with E-state index in [9.17, 15) is 14.4 Å². The molecule has 3 rings (SSSR count). The van der Waals surface area contributed by atoms with E-state index in [-0.39, 0.29) is 27.4 Å². The molecule has 2 N–H and O–H groups in total. The fraction of sp³-hybridized carbons (Fsp3) is 0. The first-order valence-corrected chi connectivity index (χ1v) is 6.98. The third-order valence-electron chi connectivity index (χ3n) is 3.19. The van der Waals surface area contributed by atoms with Crippen LogP contribution in [0.4, 0.5) is 5.69 Å². The quantitative estimate of drug-likeness (QED) is 0.828. The maximum Gasteiger partial charge on any atom is 0.261 e. The molecule has 0 unspecified atom stereocenters. The van der Waals surface area contributed by atoms with E-state index in [2.05, 4.69) is 10.6 Å². The number of benzene rings is 2. The van der Waals surface area contributed by atoms with Crippen molar-refractivity contribution in [2.24, 2.45) is 0 Å². The monoisotopic (exact) mass is 334 g/mol. The van der Waals surface area contributed by atoms with E-state index in [1.54, 1.807) is 12.1 Å². The highest BCUT2D eigenvalue weighted by Crippen LogP contribution is 2.26. The molecule has 0 aliphatic carbocycles. The first-order valence-electron chi connectivity index (χ1n) is 6.22. The maximum absolute atomic E-state index is 12.3. The van der Waals surface area contributed by atoms with Crippen LogP contribution in [0.5, 0.6) is 0 Å². The summed E-state index contributed by atoms with van der Waals surface area (Å²) in [7, 11) is 0. The number of fused-ring (bicyclic) bond motifs is 1. The molecule has 0 fully saturated rings. The van der Waals surface area contributed by atoms with Gasteiger partial charge in [-0.1, -0.05) is 29.3 Å². The van der Waals surface area contributed by atoms with E-state index < -0.39 is 17.7 Å². The number of carbonyl (C=O) groups excluding carboxylic acids is 3. The Labute approximate surface area is 135 Å². The number of anilines is 1. The van der Waals surface area contributed by atoms with Gasteiger partial charge in [0.1, 0.15) is 0 Å². The summed E-state index contributed by atoms with van der Waals surface area (Å²) in [6, 6.07) is 9.10. The standard InChI is InChI=1S/C15H8Cl2N2O3/c16-7-4-5-8(10(17)6-7)13(20)18-11-3-1-2-9-12(11)15(22)19-14(9)21/h1-6H,(H,18,20)(H,19,21,22). The minimum absolute atomic E-state index is 0.144. The molecule has 0 spiro atoms. The van der Waals surface area contributed by atoms with E-state index in [4.69, 9.17) is 23.2 Å². The third kappa shape index (κ3) is 2.45. The Morgan fingerprint density at radius 2 is 1.82 bits per heavy atom. The predicted octanol–water partition coefficient (Wildman–Crippen LogP) is 3.13. The van der Waals surface area contributed by atoms with Crippen molar-refractivity contribution >= 4 is 46.6 Å². The summed E-state index contributed by atoms with van der Waals surface area (Å²) >= 11 is 11.8. The Morgan fingerprint density at radius 3 is 2.55 bits per heavy atom. The summed E-state index contributed by atoms with van der Waals surface area (Å²) in [5.41, 5.74) is 0.834. The zero-order valence-electron chi connectivity index (χ0n) is 10.9. The molecule has 0 saturated heterocycles. The Bertz CT molecular complexity index is 834. The average molecular weight is 335 g/mol. The van der Waals surface area contributed by atoms with Crippen molar-refractivity contribution in [1.82, 2.24) is 5.32 Å². The molecule has 2 aromatic carbocycles. The fourth-order valence-corrected chi connectivity index (χ4v) is 2.68. The average Bonchev–Trinajstić information content (AvgIpc) is 2.75. The van der Waals surface area contributed by atoms with Crippen LogP contribution in [0.2, 0.25) is 10.0 Å². The highest BCUT2D eigenvalue weighted by atomic mass is 35.5. The third-order valence-corrected chi connectivity index (χ3v) is 3.73. The zero-order valence-corrected chi connectivity index (χ0v) is 12.5. The minimum atomic E-state index is -0.543. The number of rotatable bonds is 2. The van der Waals surface area contributed by atoms with Gasteiger partial charge in [-0.25, -0.2) is 0 Å². The summed E-state index contributed by atoms with van der Waals surface area (Å²) in [6.45, 7) is 0. The lowest BCUT2D eigenvalue weighted by molar-refractivity contribution is 0.0879. The van der Waals surface area contributed by atoms with E-state index in [1.165, 1.54) is 24.3 Å². The van der Waals surface area contributed by atoms with Gasteiger partial charge in [-0.2, -0.15) is 0 Å². The summed E-state index contributed by atoms with van der Waals surface area (Å²) < 4.78 is 0. The number of halogens is 2. The molecular weight excluding hydrogens is 327 g/mol. The zero-order chi connectivity index (χ0) is 15.9. The van der Waals surface area contributed by atoms with Crippen molar-refractivity contribution in [1.29, 1.82) is 0 Å². The van der Waals surface area contributed by atoms with Crippen LogP contribution >= 0.6 is 23.2 Å². The van der Waals surface area contributed by atoms with Crippen LogP contribution in [-0.4, -0.2) is 17.7 Å². The molecule has 1 aliphatic rings. The lowest BCUT2D eigenvalue weighted by atomic mass is 10.1. The number of imide groups is 1. The predicted molar refractivity (Wildman–Crippen MR) is 82.7 cm³/mol. The van der Waals surface area contributed by atoms with Crippen molar-refractivity contribution in [3.63, 3.8) is 0 Å². The molecule has 5 nitrogen and oxygen atoms in total. The molecule has 110 valence electrons. The highest BCUT2D eigenvalue weighted by molar-refractivity contribution is 6.37. The van der Waals surface area contributed by atoms with Gasteiger partial charge in [0, 0.05) is 5.02 Å². The first kappa shape index (κ1) is 14.6. The van der Waals surface area contributed by atoms with Gasteiger partial charge in [0.15, 0.2) is 0 Å². The van der Waals surface area contributed by atoms with Crippen molar-refractivity contribution in [2.45, 2.75) is 0 Å². The molecular formula is C15H8Cl2N2O3. The maximum atomic E-state index is 12.3. The van der Waals surface area contributed by atoms with E-state index in [0.29, 0.717) is 5.02 Å². The Balaban J connectivity index is 1.96. The van der Waals surface area contributed by atoms with E-state index in [0.717, 1.165) is 0 Å². The molecule has 0 atom stereocenters. The molecule has 0 radical (unpaired) electrons. The molecule has 7 heteroatoms. The van der Waals surface area contributed by atoms with Gasteiger partial charge in [-0.05, 0) is 30.3 Å². The minimum Gasteiger partial charge on any atom is -0.321 e. The van der Waals surface area contributed by atoms with E-state index >= 15 is 0 Å². The molecule has 3 amide bonds. The second-order valence-electron chi connectivity index (χ2n) is 4.59. The van der Waals surface area contributed by atoms with Crippen LogP contribution in [0, 0.1) is 0 Å². The Hall–Kier alpha value is -2.37.